The minimum absolute atomic E-state index is 0.619. The van der Waals surface area contributed by atoms with Gasteiger partial charge in [-0.1, -0.05) is 122 Å². The van der Waals surface area contributed by atoms with Gasteiger partial charge in [0.2, 0.25) is 0 Å². The molecule has 0 bridgehead atoms. The fraction of sp³-hybridized carbons (Fsp3) is 0.889. The zero-order valence-electron chi connectivity index (χ0n) is 20.3. The maximum Gasteiger partial charge on any atom is 0.332 e. The van der Waals surface area contributed by atoms with E-state index < -0.39 is 12.1 Å². The van der Waals surface area contributed by atoms with E-state index in [0.717, 1.165) is 12.8 Å². The minimum atomic E-state index is -0.835. The van der Waals surface area contributed by atoms with Gasteiger partial charge in [-0.2, -0.15) is 0 Å². The molecule has 178 valence electrons. The van der Waals surface area contributed by atoms with Gasteiger partial charge in [0.1, 0.15) is 0 Å². The maximum atomic E-state index is 10.9. The number of rotatable bonds is 24. The van der Waals surface area contributed by atoms with Crippen LogP contribution in [-0.2, 0) is 9.53 Å². The van der Waals surface area contributed by atoms with Gasteiger partial charge in [0.15, 0.2) is 6.10 Å². The average Bonchev–Trinajstić information content (AvgIpc) is 2.74. The molecule has 0 saturated heterocycles. The molecular weight excluding hydrogens is 372 g/mol. The molecule has 3 nitrogen and oxygen atoms in total. The van der Waals surface area contributed by atoms with Crippen LogP contribution in [0.4, 0.5) is 0 Å². The Morgan fingerprint density at radius 1 is 0.667 bits per heavy atom. The van der Waals surface area contributed by atoms with Gasteiger partial charge in [-0.25, -0.2) is 4.79 Å². The summed E-state index contributed by atoms with van der Waals surface area (Å²) in [5, 5.41) is 8.92. The van der Waals surface area contributed by atoms with Gasteiger partial charge < -0.3 is 9.84 Å². The van der Waals surface area contributed by atoms with Crippen LogP contribution in [0.15, 0.2) is 12.2 Å². The van der Waals surface area contributed by atoms with E-state index in [9.17, 15) is 4.79 Å². The van der Waals surface area contributed by atoms with E-state index in [1.807, 2.05) is 0 Å². The molecule has 0 aromatic heterocycles. The molecule has 0 aliphatic carbocycles. The number of carbonyl (C=O) groups is 1. The highest BCUT2D eigenvalue weighted by molar-refractivity contribution is 5.72. The summed E-state index contributed by atoms with van der Waals surface area (Å²) in [6, 6.07) is 0. The van der Waals surface area contributed by atoms with Gasteiger partial charge in [-0.3, -0.25) is 0 Å². The first-order valence-electron chi connectivity index (χ1n) is 13.1. The van der Waals surface area contributed by atoms with Crippen LogP contribution in [0.1, 0.15) is 142 Å². The van der Waals surface area contributed by atoms with Gasteiger partial charge in [0.05, 0.1) is 0 Å². The van der Waals surface area contributed by atoms with Crippen LogP contribution < -0.4 is 0 Å². The van der Waals surface area contributed by atoms with E-state index in [2.05, 4.69) is 19.1 Å². The molecule has 0 heterocycles. The van der Waals surface area contributed by atoms with Crippen molar-refractivity contribution < 1.29 is 14.6 Å². The minimum Gasteiger partial charge on any atom is -0.479 e. The summed E-state index contributed by atoms with van der Waals surface area (Å²) < 4.78 is 4.96. The standard InChI is InChI=1S/C27H52O3/c1-3-4-5-6-7-8-9-10-11-12-13-14-15-16-17-18-19-20-21-22-23-24-25-26(30-2)27(28)29/h8-9,26H,3-7,10-25H2,1-2H3,(H,28,29). The molecule has 1 N–H and O–H groups in total. The Morgan fingerprint density at radius 3 is 1.40 bits per heavy atom. The van der Waals surface area contributed by atoms with Crippen LogP contribution in [0.5, 0.6) is 0 Å². The Kier molecular flexibility index (Phi) is 23.8. The monoisotopic (exact) mass is 424 g/mol. The first-order chi connectivity index (χ1) is 14.7. The van der Waals surface area contributed by atoms with E-state index in [-0.39, 0.29) is 0 Å². The molecule has 0 radical (unpaired) electrons. The number of aliphatic carboxylic acids is 1. The molecule has 30 heavy (non-hydrogen) atoms. The normalized spacial score (nSPS) is 12.6. The molecule has 0 spiro atoms. The van der Waals surface area contributed by atoms with Gasteiger partial charge in [-0.05, 0) is 32.1 Å². The lowest BCUT2D eigenvalue weighted by Gasteiger charge is -2.09. The van der Waals surface area contributed by atoms with Crippen LogP contribution in [0, 0.1) is 0 Å². The third-order valence-electron chi connectivity index (χ3n) is 6.04. The number of unbranched alkanes of at least 4 members (excludes halogenated alkanes) is 18. The Hall–Kier alpha value is -0.830. The molecule has 3 heteroatoms. The van der Waals surface area contributed by atoms with E-state index in [0.29, 0.717) is 6.42 Å². The van der Waals surface area contributed by atoms with Crippen molar-refractivity contribution in [3.05, 3.63) is 12.2 Å². The summed E-state index contributed by atoms with van der Waals surface area (Å²) in [4.78, 5) is 10.9. The topological polar surface area (TPSA) is 46.5 Å². The summed E-state index contributed by atoms with van der Waals surface area (Å²) >= 11 is 0. The summed E-state index contributed by atoms with van der Waals surface area (Å²) in [6.07, 6.45) is 31.4. The van der Waals surface area contributed by atoms with Gasteiger partial charge in [-0.15, -0.1) is 0 Å². The van der Waals surface area contributed by atoms with Crippen molar-refractivity contribution in [2.75, 3.05) is 7.11 Å². The number of hydrogen-bond donors (Lipinski definition) is 1. The number of carboxylic acid groups (broad SMARTS) is 1. The quantitative estimate of drug-likeness (QED) is 0.124. The van der Waals surface area contributed by atoms with E-state index in [1.54, 1.807) is 0 Å². The molecule has 0 rings (SSSR count). The van der Waals surface area contributed by atoms with Gasteiger partial charge in [0.25, 0.3) is 0 Å². The molecule has 0 amide bonds. The molecule has 0 aliphatic heterocycles. The van der Waals surface area contributed by atoms with Crippen molar-refractivity contribution in [2.24, 2.45) is 0 Å². The van der Waals surface area contributed by atoms with Crippen molar-refractivity contribution in [3.63, 3.8) is 0 Å². The second-order valence-electron chi connectivity index (χ2n) is 8.91. The number of carboxylic acids is 1. The van der Waals surface area contributed by atoms with Crippen molar-refractivity contribution in [2.45, 2.75) is 148 Å². The molecule has 0 aromatic carbocycles. The van der Waals surface area contributed by atoms with Gasteiger partial charge >= 0.3 is 5.97 Å². The third kappa shape index (κ3) is 21.9. The summed E-state index contributed by atoms with van der Waals surface area (Å²) in [5.74, 6) is -0.835. The number of hydrogen-bond acceptors (Lipinski definition) is 2. The molecule has 0 aliphatic rings. The van der Waals surface area contributed by atoms with Crippen LogP contribution in [0.3, 0.4) is 0 Å². The fourth-order valence-electron chi connectivity index (χ4n) is 3.98. The lowest BCUT2D eigenvalue weighted by atomic mass is 10.0. The zero-order valence-corrected chi connectivity index (χ0v) is 20.3. The Labute approximate surface area is 188 Å². The largest absolute Gasteiger partial charge is 0.479 e. The number of methoxy groups -OCH3 is 1. The lowest BCUT2D eigenvalue weighted by molar-refractivity contribution is -0.148. The van der Waals surface area contributed by atoms with Gasteiger partial charge in [0, 0.05) is 7.11 Å². The SMILES string of the molecule is CCCCCCC=CCCCCCCCCCCCCCCCCC(OC)C(=O)O. The van der Waals surface area contributed by atoms with Crippen LogP contribution in [-0.4, -0.2) is 24.3 Å². The highest BCUT2D eigenvalue weighted by Gasteiger charge is 2.14. The van der Waals surface area contributed by atoms with Crippen LogP contribution in [0.2, 0.25) is 0 Å². The average molecular weight is 425 g/mol. The Balaban J connectivity index is 3.14. The lowest BCUT2D eigenvalue weighted by Crippen LogP contribution is -2.21. The molecule has 1 atom stereocenters. The first kappa shape index (κ1) is 29.2. The number of ether oxygens (including phenoxy) is 1. The molecule has 0 saturated carbocycles. The summed E-state index contributed by atoms with van der Waals surface area (Å²) in [5.41, 5.74) is 0. The molecule has 0 fully saturated rings. The molecular formula is C27H52O3. The van der Waals surface area contributed by atoms with Crippen molar-refractivity contribution >= 4 is 5.97 Å². The second kappa shape index (κ2) is 24.4. The van der Waals surface area contributed by atoms with Crippen molar-refractivity contribution in [3.8, 4) is 0 Å². The highest BCUT2D eigenvalue weighted by Crippen LogP contribution is 2.14. The Bertz CT molecular complexity index is 378. The van der Waals surface area contributed by atoms with E-state index >= 15 is 0 Å². The van der Waals surface area contributed by atoms with Crippen LogP contribution in [0.25, 0.3) is 0 Å². The van der Waals surface area contributed by atoms with E-state index in [1.165, 1.54) is 123 Å². The van der Waals surface area contributed by atoms with E-state index in [4.69, 9.17) is 9.84 Å². The summed E-state index contributed by atoms with van der Waals surface area (Å²) in [6.45, 7) is 2.27. The molecule has 0 aromatic rings. The zero-order chi connectivity index (χ0) is 22.1. The molecule has 1 unspecified atom stereocenters. The number of allylic oxidation sites excluding steroid dienone is 2. The van der Waals surface area contributed by atoms with Crippen LogP contribution >= 0.6 is 0 Å². The second-order valence-corrected chi connectivity index (χ2v) is 8.91. The van der Waals surface area contributed by atoms with Crippen molar-refractivity contribution in [1.82, 2.24) is 0 Å². The fourth-order valence-corrected chi connectivity index (χ4v) is 3.98. The maximum absolute atomic E-state index is 10.9. The summed E-state index contributed by atoms with van der Waals surface area (Å²) in [7, 11) is 1.48. The predicted octanol–water partition coefficient (Wildman–Crippen LogP) is 8.85. The van der Waals surface area contributed by atoms with Crippen molar-refractivity contribution in [1.29, 1.82) is 0 Å². The predicted molar refractivity (Wildman–Crippen MR) is 130 cm³/mol. The smallest absolute Gasteiger partial charge is 0.332 e. The Morgan fingerprint density at radius 2 is 1.03 bits per heavy atom. The third-order valence-corrected chi connectivity index (χ3v) is 6.04. The highest BCUT2D eigenvalue weighted by atomic mass is 16.5. The first-order valence-corrected chi connectivity index (χ1v) is 13.1.